The van der Waals surface area contributed by atoms with E-state index in [1.165, 1.54) is 10.6 Å². The predicted molar refractivity (Wildman–Crippen MR) is 105 cm³/mol. The smallest absolute Gasteiger partial charge is 0.242 e. The van der Waals surface area contributed by atoms with Gasteiger partial charge in [0, 0.05) is 23.2 Å². The van der Waals surface area contributed by atoms with E-state index in [9.17, 15) is 13.2 Å². The van der Waals surface area contributed by atoms with Crippen LogP contribution in [0.2, 0.25) is 0 Å². The Kier molecular flexibility index (Phi) is 6.25. The first-order valence-corrected chi connectivity index (χ1v) is 12.3. The van der Waals surface area contributed by atoms with Crippen LogP contribution in [0.5, 0.6) is 0 Å². The van der Waals surface area contributed by atoms with Crippen molar-refractivity contribution in [3.8, 4) is 0 Å². The molecule has 1 aromatic heterocycles. The van der Waals surface area contributed by atoms with Crippen molar-refractivity contribution in [3.05, 3.63) is 27.4 Å². The molecule has 25 heavy (non-hydrogen) atoms. The highest BCUT2D eigenvalue weighted by molar-refractivity contribution is 8.03. The highest BCUT2D eigenvalue weighted by atomic mass is 32.2. The Hall–Kier alpha value is -0.830. The Bertz CT molecular complexity index is 722. The Morgan fingerprint density at radius 3 is 2.76 bits per heavy atom. The second-order valence-electron chi connectivity index (χ2n) is 6.49. The Morgan fingerprint density at radius 2 is 2.12 bits per heavy atom. The van der Waals surface area contributed by atoms with Gasteiger partial charge in [0.2, 0.25) is 15.9 Å². The molecule has 8 heteroatoms. The molecule has 3 rings (SSSR count). The third kappa shape index (κ3) is 4.87. The maximum Gasteiger partial charge on any atom is 0.242 e. The SMILES string of the molecule is CS(=O)(=O)N(CC(=O)N1CCS/C1=C/c1cccs1)C1CCCCC1. The molecule has 5 nitrogen and oxygen atoms in total. The fraction of sp³-hybridized carbons (Fsp3) is 0.588. The molecule has 0 radical (unpaired) electrons. The minimum absolute atomic E-state index is 0.0346. The zero-order valence-electron chi connectivity index (χ0n) is 14.4. The maximum absolute atomic E-state index is 12.9. The van der Waals surface area contributed by atoms with Crippen LogP contribution in [0, 0.1) is 0 Å². The van der Waals surface area contributed by atoms with Gasteiger partial charge in [0.1, 0.15) is 0 Å². The molecule has 1 saturated carbocycles. The van der Waals surface area contributed by atoms with E-state index in [1.807, 2.05) is 23.6 Å². The summed E-state index contributed by atoms with van der Waals surface area (Å²) in [4.78, 5) is 15.7. The summed E-state index contributed by atoms with van der Waals surface area (Å²) >= 11 is 3.28. The molecule has 0 aromatic carbocycles. The van der Waals surface area contributed by atoms with Gasteiger partial charge in [-0.2, -0.15) is 4.31 Å². The van der Waals surface area contributed by atoms with Crippen molar-refractivity contribution in [2.45, 2.75) is 38.1 Å². The maximum atomic E-state index is 12.9. The normalized spacial score (nSPS) is 21.4. The van der Waals surface area contributed by atoms with E-state index in [-0.39, 0.29) is 18.5 Å². The van der Waals surface area contributed by atoms with E-state index in [1.54, 1.807) is 28.0 Å². The molecule has 1 aliphatic heterocycles. The molecule has 0 spiro atoms. The third-order valence-corrected chi connectivity index (χ3v) is 7.76. The van der Waals surface area contributed by atoms with E-state index in [4.69, 9.17) is 0 Å². The first kappa shape index (κ1) is 18.9. The molecular formula is C17H24N2O3S3. The average Bonchev–Trinajstić information content (AvgIpc) is 3.24. The number of carbonyl (C=O) groups excluding carboxylic acids is 1. The molecule has 0 N–H and O–H groups in total. The van der Waals surface area contributed by atoms with Crippen LogP contribution in [0.1, 0.15) is 37.0 Å². The van der Waals surface area contributed by atoms with Crippen molar-refractivity contribution >= 4 is 45.1 Å². The molecule has 1 aliphatic carbocycles. The number of rotatable bonds is 5. The number of carbonyl (C=O) groups is 1. The Balaban J connectivity index is 1.74. The fourth-order valence-electron chi connectivity index (χ4n) is 3.40. The van der Waals surface area contributed by atoms with E-state index < -0.39 is 10.0 Å². The molecule has 1 saturated heterocycles. The minimum atomic E-state index is -3.39. The van der Waals surface area contributed by atoms with Crippen LogP contribution < -0.4 is 0 Å². The molecule has 0 bridgehead atoms. The minimum Gasteiger partial charge on any atom is -0.305 e. The van der Waals surface area contributed by atoms with Gasteiger partial charge >= 0.3 is 0 Å². The van der Waals surface area contributed by atoms with Gasteiger partial charge in [0.15, 0.2) is 0 Å². The lowest BCUT2D eigenvalue weighted by Crippen LogP contribution is -2.47. The predicted octanol–water partition coefficient (Wildman–Crippen LogP) is 3.22. The van der Waals surface area contributed by atoms with Gasteiger partial charge in [-0.3, -0.25) is 4.79 Å². The van der Waals surface area contributed by atoms with Crippen molar-refractivity contribution in [1.29, 1.82) is 0 Å². The quantitative estimate of drug-likeness (QED) is 0.761. The van der Waals surface area contributed by atoms with Gasteiger partial charge in [-0.1, -0.05) is 25.3 Å². The molecule has 2 fully saturated rings. The van der Waals surface area contributed by atoms with Crippen LogP contribution in [-0.2, 0) is 14.8 Å². The molecule has 2 aliphatic rings. The molecule has 2 heterocycles. The van der Waals surface area contributed by atoms with Crippen molar-refractivity contribution < 1.29 is 13.2 Å². The van der Waals surface area contributed by atoms with E-state index >= 15 is 0 Å². The van der Waals surface area contributed by atoms with Crippen LogP contribution in [0.15, 0.2) is 22.5 Å². The van der Waals surface area contributed by atoms with Gasteiger partial charge in [0.05, 0.1) is 17.8 Å². The lowest BCUT2D eigenvalue weighted by atomic mass is 9.95. The van der Waals surface area contributed by atoms with Crippen molar-refractivity contribution in [2.24, 2.45) is 0 Å². The first-order valence-electron chi connectivity index (χ1n) is 8.60. The summed E-state index contributed by atoms with van der Waals surface area (Å²) in [5.41, 5.74) is 0. The number of thioether (sulfide) groups is 1. The summed E-state index contributed by atoms with van der Waals surface area (Å²) in [5.74, 6) is 0.731. The monoisotopic (exact) mass is 400 g/mol. The summed E-state index contributed by atoms with van der Waals surface area (Å²) in [6, 6.07) is 3.97. The van der Waals surface area contributed by atoms with E-state index in [0.29, 0.717) is 6.54 Å². The van der Waals surface area contributed by atoms with Crippen molar-refractivity contribution in [2.75, 3.05) is 25.1 Å². The fourth-order valence-corrected chi connectivity index (χ4v) is 6.26. The van der Waals surface area contributed by atoms with Crippen molar-refractivity contribution in [3.63, 3.8) is 0 Å². The van der Waals surface area contributed by atoms with Gasteiger partial charge in [-0.05, 0) is 30.4 Å². The summed E-state index contributed by atoms with van der Waals surface area (Å²) in [7, 11) is -3.39. The zero-order valence-corrected chi connectivity index (χ0v) is 16.8. The van der Waals surface area contributed by atoms with E-state index in [2.05, 4.69) is 0 Å². The lowest BCUT2D eigenvalue weighted by molar-refractivity contribution is -0.129. The van der Waals surface area contributed by atoms with Gasteiger partial charge in [-0.25, -0.2) is 8.42 Å². The largest absolute Gasteiger partial charge is 0.305 e. The molecule has 0 unspecified atom stereocenters. The first-order chi connectivity index (χ1) is 11.9. The number of nitrogens with zero attached hydrogens (tertiary/aromatic N) is 2. The second kappa shape index (κ2) is 8.24. The summed E-state index contributed by atoms with van der Waals surface area (Å²) in [6.07, 6.45) is 8.17. The van der Waals surface area contributed by atoms with E-state index in [0.717, 1.165) is 47.8 Å². The summed E-state index contributed by atoms with van der Waals surface area (Å²) < 4.78 is 25.9. The molecule has 1 amide bonds. The number of thiophene rings is 1. The molecule has 138 valence electrons. The average molecular weight is 401 g/mol. The summed E-state index contributed by atoms with van der Waals surface area (Å²) in [6.45, 7) is 0.592. The third-order valence-electron chi connectivity index (χ3n) is 4.64. The van der Waals surface area contributed by atoms with Gasteiger partial charge < -0.3 is 4.90 Å². The van der Waals surface area contributed by atoms with Crippen LogP contribution in [0.4, 0.5) is 0 Å². The second-order valence-corrected chi connectivity index (χ2v) is 10.5. The van der Waals surface area contributed by atoms with Crippen molar-refractivity contribution in [1.82, 2.24) is 9.21 Å². The number of sulfonamides is 1. The van der Waals surface area contributed by atoms with Crippen LogP contribution in [-0.4, -0.2) is 54.7 Å². The zero-order chi connectivity index (χ0) is 17.9. The molecule has 0 atom stereocenters. The number of hydrogen-bond donors (Lipinski definition) is 0. The highest BCUT2D eigenvalue weighted by Gasteiger charge is 2.33. The highest BCUT2D eigenvalue weighted by Crippen LogP contribution is 2.32. The standard InChI is InChI=1S/C17H24N2O3S3/c1-25(21,22)19(14-6-3-2-4-7-14)13-16(20)18-9-11-24-17(18)12-15-8-5-10-23-15/h5,8,10,12,14H,2-4,6-7,9,11,13H2,1H3/b17-12+. The van der Waals surface area contributed by atoms with Crippen LogP contribution >= 0.6 is 23.1 Å². The summed E-state index contributed by atoms with van der Waals surface area (Å²) in [5, 5.41) is 2.93. The lowest BCUT2D eigenvalue weighted by Gasteiger charge is -2.33. The van der Waals surface area contributed by atoms with Crippen LogP contribution in [0.25, 0.3) is 6.08 Å². The number of amides is 1. The van der Waals surface area contributed by atoms with Crippen LogP contribution in [0.3, 0.4) is 0 Å². The number of hydrogen-bond acceptors (Lipinski definition) is 5. The van der Waals surface area contributed by atoms with Gasteiger partial charge in [-0.15, -0.1) is 23.1 Å². The Labute approximate surface area is 158 Å². The topological polar surface area (TPSA) is 57.7 Å². The van der Waals surface area contributed by atoms with Gasteiger partial charge in [0.25, 0.3) is 0 Å². The molecule has 1 aromatic rings. The Morgan fingerprint density at radius 1 is 1.36 bits per heavy atom. The molecular weight excluding hydrogens is 376 g/mol.